The van der Waals surface area contributed by atoms with Crippen LogP contribution in [0.15, 0.2) is 48.1 Å². The van der Waals surface area contributed by atoms with Crippen molar-refractivity contribution in [2.24, 2.45) is 29.1 Å². The fourth-order valence-electron chi connectivity index (χ4n) is 7.82. The highest BCUT2D eigenvalue weighted by molar-refractivity contribution is 6.74. The van der Waals surface area contributed by atoms with Crippen LogP contribution < -0.4 is 0 Å². The lowest BCUT2D eigenvalue weighted by atomic mass is 9.60. The van der Waals surface area contributed by atoms with E-state index in [9.17, 15) is 4.79 Å². The number of allylic oxidation sites excluding steroid dienone is 3. The molecule has 3 aliphatic rings. The fraction of sp³-hybridized carbons (Fsp3) is 0.757. The maximum Gasteiger partial charge on any atom is 0.310 e. The van der Waals surface area contributed by atoms with Crippen molar-refractivity contribution in [1.82, 2.24) is 0 Å². The molecule has 0 radical (unpaired) electrons. The van der Waals surface area contributed by atoms with Crippen molar-refractivity contribution in [2.75, 3.05) is 0 Å². The highest BCUT2D eigenvalue weighted by Gasteiger charge is 2.50. The monoisotopic (exact) mass is 582 g/mol. The molecule has 0 heterocycles. The van der Waals surface area contributed by atoms with Crippen molar-refractivity contribution in [1.29, 1.82) is 0 Å². The molecule has 0 amide bonds. The summed E-state index contributed by atoms with van der Waals surface area (Å²) in [7, 11) is -1.98. The van der Waals surface area contributed by atoms with Gasteiger partial charge >= 0.3 is 5.97 Å². The van der Waals surface area contributed by atoms with Crippen LogP contribution in [-0.2, 0) is 14.0 Å². The van der Waals surface area contributed by atoms with E-state index in [1.807, 2.05) is 0 Å². The zero-order chi connectivity index (χ0) is 30.6. The molecule has 0 aromatic heterocycles. The minimum atomic E-state index is -1.98. The van der Waals surface area contributed by atoms with Gasteiger partial charge in [0.1, 0.15) is 6.10 Å². The minimum absolute atomic E-state index is 0.0340. The van der Waals surface area contributed by atoms with Crippen LogP contribution in [0.5, 0.6) is 0 Å². The van der Waals surface area contributed by atoms with E-state index < -0.39 is 8.32 Å². The summed E-state index contributed by atoms with van der Waals surface area (Å²) in [6, 6.07) is 0. The van der Waals surface area contributed by atoms with E-state index in [2.05, 4.69) is 86.9 Å². The third-order valence-electron chi connectivity index (χ3n) is 11.2. The highest BCUT2D eigenvalue weighted by Crippen LogP contribution is 2.60. The van der Waals surface area contributed by atoms with Crippen molar-refractivity contribution < 1.29 is 14.0 Å². The number of carbonyl (C=O) groups excluding carboxylic acids is 1. The Balaban J connectivity index is 1.82. The number of fused-ring (bicyclic) bond motifs is 1. The summed E-state index contributed by atoms with van der Waals surface area (Å²) in [6.45, 7) is 29.4. The Morgan fingerprint density at radius 3 is 2.49 bits per heavy atom. The normalized spacial score (nSPS) is 31.9. The van der Waals surface area contributed by atoms with Gasteiger partial charge in [0, 0.05) is 6.42 Å². The SMILES string of the molecule is C=CCC(=O)O[C@H]1C[C@H](O[Si](C)(C)C(C)(C)C)C/C(=C\C=C2/CCC[C@]3(C)[C@@H]([C@H](C)CCCC(C)C)CC[C@@H]23)C1=C. The molecule has 0 bridgehead atoms. The molecular formula is C37H62O3Si. The smallest absolute Gasteiger partial charge is 0.310 e. The van der Waals surface area contributed by atoms with Crippen molar-refractivity contribution in [2.45, 2.75) is 149 Å². The molecule has 6 atom stereocenters. The first-order chi connectivity index (χ1) is 19.1. The highest BCUT2D eigenvalue weighted by atomic mass is 28.4. The van der Waals surface area contributed by atoms with Gasteiger partial charge in [0.2, 0.25) is 0 Å². The summed E-state index contributed by atoms with van der Waals surface area (Å²) in [4.78, 5) is 12.5. The number of hydrogen-bond donors (Lipinski definition) is 0. The summed E-state index contributed by atoms with van der Waals surface area (Å²) in [5, 5.41) is 0.125. The van der Waals surface area contributed by atoms with E-state index >= 15 is 0 Å². The zero-order valence-corrected chi connectivity index (χ0v) is 29.1. The lowest BCUT2D eigenvalue weighted by molar-refractivity contribution is -0.147. The molecule has 41 heavy (non-hydrogen) atoms. The number of esters is 1. The van der Waals surface area contributed by atoms with Gasteiger partial charge < -0.3 is 9.16 Å². The third-order valence-corrected chi connectivity index (χ3v) is 15.8. The largest absolute Gasteiger partial charge is 0.457 e. The van der Waals surface area contributed by atoms with Crippen molar-refractivity contribution in [3.8, 4) is 0 Å². The molecule has 0 spiro atoms. The Bertz CT molecular complexity index is 996. The van der Waals surface area contributed by atoms with E-state index in [4.69, 9.17) is 9.16 Å². The molecule has 0 unspecified atom stereocenters. The van der Waals surface area contributed by atoms with Gasteiger partial charge in [-0.1, -0.05) is 98.1 Å². The standard InChI is InChI=1S/C37H62O3Si/c1-12-15-35(38)39-34-25-31(40-41(10,11)36(6,7)8)24-30(28(34)5)20-19-29-18-14-23-37(9)32(21-22-33(29)37)27(4)17-13-16-26(2)3/h12,19-20,26-27,31-34H,1,5,13-18,21-25H2,2-4,6-11H3/b29-19+,30-20+/t27-,31-,32-,33+,34+,37-/m1/s1. The average molecular weight is 583 g/mol. The van der Waals surface area contributed by atoms with Crippen LogP contribution in [0.1, 0.15) is 119 Å². The molecular weight excluding hydrogens is 520 g/mol. The molecule has 3 fully saturated rings. The van der Waals surface area contributed by atoms with Crippen LogP contribution >= 0.6 is 0 Å². The molecule has 0 saturated heterocycles. The maximum absolute atomic E-state index is 12.5. The predicted octanol–water partition coefficient (Wildman–Crippen LogP) is 10.7. The molecule has 232 valence electrons. The van der Waals surface area contributed by atoms with Gasteiger partial charge in [0.15, 0.2) is 8.32 Å². The second kappa shape index (κ2) is 13.9. The van der Waals surface area contributed by atoms with Crippen molar-refractivity contribution in [3.05, 3.63) is 48.1 Å². The van der Waals surface area contributed by atoms with E-state index in [0.29, 0.717) is 17.8 Å². The summed E-state index contributed by atoms with van der Waals surface area (Å²) < 4.78 is 12.8. The Morgan fingerprint density at radius 2 is 1.85 bits per heavy atom. The van der Waals surface area contributed by atoms with Gasteiger partial charge in [-0.25, -0.2) is 0 Å². The van der Waals surface area contributed by atoms with Crippen LogP contribution in [0.2, 0.25) is 18.1 Å². The molecule has 0 aliphatic heterocycles. The van der Waals surface area contributed by atoms with Gasteiger partial charge in [0.05, 0.1) is 12.5 Å². The van der Waals surface area contributed by atoms with Crippen LogP contribution in [0.25, 0.3) is 0 Å². The van der Waals surface area contributed by atoms with Crippen molar-refractivity contribution >= 4 is 14.3 Å². The first kappa shape index (κ1) is 34.1. The number of rotatable bonds is 11. The summed E-state index contributed by atoms with van der Waals surface area (Å²) in [5.74, 6) is 2.88. The number of ether oxygens (including phenoxy) is 1. The Hall–Kier alpha value is -1.39. The second-order valence-corrected chi connectivity index (χ2v) is 20.5. The van der Waals surface area contributed by atoms with Gasteiger partial charge in [-0.05, 0) is 96.9 Å². The predicted molar refractivity (Wildman–Crippen MR) is 177 cm³/mol. The first-order valence-electron chi connectivity index (χ1n) is 16.7. The lowest BCUT2D eigenvalue weighted by Gasteiger charge is -2.44. The topological polar surface area (TPSA) is 35.5 Å². The van der Waals surface area contributed by atoms with E-state index in [1.165, 1.54) is 56.9 Å². The molecule has 3 rings (SSSR count). The van der Waals surface area contributed by atoms with Gasteiger partial charge in [-0.2, -0.15) is 0 Å². The van der Waals surface area contributed by atoms with E-state index in [1.54, 1.807) is 11.6 Å². The molecule has 3 nitrogen and oxygen atoms in total. The maximum atomic E-state index is 12.5. The Labute approximate surface area is 254 Å². The summed E-state index contributed by atoms with van der Waals surface area (Å²) in [5.41, 5.74) is 4.17. The average Bonchev–Trinajstić information content (AvgIpc) is 3.21. The van der Waals surface area contributed by atoms with E-state index in [0.717, 1.165) is 29.7 Å². The quantitative estimate of drug-likeness (QED) is 0.138. The van der Waals surface area contributed by atoms with Crippen LogP contribution in [0.4, 0.5) is 0 Å². The zero-order valence-electron chi connectivity index (χ0n) is 28.1. The minimum Gasteiger partial charge on any atom is -0.457 e. The van der Waals surface area contributed by atoms with Crippen LogP contribution in [0, 0.1) is 29.1 Å². The molecule has 0 aromatic carbocycles. The second-order valence-electron chi connectivity index (χ2n) is 15.8. The Kier molecular flexibility index (Phi) is 11.6. The lowest BCUT2D eigenvalue weighted by Crippen LogP contribution is -2.46. The number of hydrogen-bond acceptors (Lipinski definition) is 3. The molecule has 0 aromatic rings. The molecule has 3 aliphatic carbocycles. The van der Waals surface area contributed by atoms with E-state index in [-0.39, 0.29) is 29.6 Å². The van der Waals surface area contributed by atoms with Gasteiger partial charge in [-0.3, -0.25) is 4.79 Å². The molecule has 4 heteroatoms. The first-order valence-corrected chi connectivity index (χ1v) is 19.6. The molecule has 3 saturated carbocycles. The summed E-state index contributed by atoms with van der Waals surface area (Å²) in [6.07, 6.45) is 18.4. The molecule has 0 N–H and O–H groups in total. The summed E-state index contributed by atoms with van der Waals surface area (Å²) >= 11 is 0. The number of carbonyl (C=O) groups is 1. The van der Waals surface area contributed by atoms with Crippen LogP contribution in [0.3, 0.4) is 0 Å². The van der Waals surface area contributed by atoms with Crippen LogP contribution in [-0.4, -0.2) is 26.5 Å². The fourth-order valence-corrected chi connectivity index (χ4v) is 9.19. The van der Waals surface area contributed by atoms with Gasteiger partial charge in [-0.15, -0.1) is 6.58 Å². The van der Waals surface area contributed by atoms with Gasteiger partial charge in [0.25, 0.3) is 0 Å². The third kappa shape index (κ3) is 8.37. The Morgan fingerprint density at radius 1 is 1.15 bits per heavy atom. The van der Waals surface area contributed by atoms with Crippen molar-refractivity contribution in [3.63, 3.8) is 0 Å².